The summed E-state index contributed by atoms with van der Waals surface area (Å²) in [6.45, 7) is 2.11. The van der Waals surface area contributed by atoms with Crippen molar-refractivity contribution < 1.29 is 0 Å². The highest BCUT2D eigenvalue weighted by Crippen LogP contribution is 2.35. The standard InChI is InChI=1S/C22H15N7S/c1-12-5-6-18(30-12)15-3-2-4-17-19(15)27-22(26-17)20-16-7-13(10-25-21(16)29-28-20)14-8-23-11-24-9-14/h2-11H,1H3,(H,26,27)(H,25,28,29). The van der Waals surface area contributed by atoms with Gasteiger partial charge in [0.25, 0.3) is 0 Å². The third-order valence-corrected chi connectivity index (χ3v) is 6.09. The normalized spacial score (nSPS) is 11.5. The first-order valence-electron chi connectivity index (χ1n) is 9.42. The van der Waals surface area contributed by atoms with Crippen molar-refractivity contribution in [3.05, 3.63) is 66.2 Å². The Hall–Kier alpha value is -3.91. The van der Waals surface area contributed by atoms with Gasteiger partial charge in [0.1, 0.15) is 12.0 Å². The number of aryl methyl sites for hydroxylation is 1. The number of hydrogen-bond acceptors (Lipinski definition) is 6. The number of nitrogens with one attached hydrogen (secondary N) is 2. The molecule has 6 aromatic rings. The number of H-pyrrole nitrogens is 2. The van der Waals surface area contributed by atoms with E-state index in [2.05, 4.69) is 61.3 Å². The molecule has 8 heteroatoms. The SMILES string of the molecule is Cc1ccc(-c2cccc3[nH]c(-c4[nH]nc5ncc(-c6cncnc6)cc45)nc23)s1. The smallest absolute Gasteiger partial charge is 0.181 e. The van der Waals surface area contributed by atoms with Crippen LogP contribution in [0.2, 0.25) is 0 Å². The van der Waals surface area contributed by atoms with E-state index in [-0.39, 0.29) is 0 Å². The lowest BCUT2D eigenvalue weighted by atomic mass is 10.1. The summed E-state index contributed by atoms with van der Waals surface area (Å²) in [7, 11) is 0. The summed E-state index contributed by atoms with van der Waals surface area (Å²) in [5, 5.41) is 8.35. The fraction of sp³-hybridized carbons (Fsp3) is 0.0455. The molecule has 6 rings (SSSR count). The molecule has 1 aromatic carbocycles. The molecule has 2 N–H and O–H groups in total. The molecular weight excluding hydrogens is 394 g/mol. The number of rotatable bonds is 3. The second-order valence-corrected chi connectivity index (χ2v) is 8.31. The number of hydrogen-bond donors (Lipinski definition) is 2. The second kappa shape index (κ2) is 6.57. The van der Waals surface area contributed by atoms with Gasteiger partial charge in [0, 0.05) is 45.0 Å². The predicted molar refractivity (Wildman–Crippen MR) is 118 cm³/mol. The zero-order valence-corrected chi connectivity index (χ0v) is 16.7. The van der Waals surface area contributed by atoms with E-state index in [1.54, 1.807) is 29.9 Å². The van der Waals surface area contributed by atoms with E-state index in [1.165, 1.54) is 16.1 Å². The third-order valence-electron chi connectivity index (χ3n) is 5.06. The summed E-state index contributed by atoms with van der Waals surface area (Å²) in [5.41, 5.74) is 6.32. The lowest BCUT2D eigenvalue weighted by Crippen LogP contribution is -1.85. The van der Waals surface area contributed by atoms with Crippen LogP contribution < -0.4 is 0 Å². The van der Waals surface area contributed by atoms with E-state index in [0.717, 1.165) is 44.6 Å². The van der Waals surface area contributed by atoms with E-state index in [1.807, 2.05) is 12.1 Å². The molecule has 0 atom stereocenters. The van der Waals surface area contributed by atoms with E-state index in [4.69, 9.17) is 4.98 Å². The highest BCUT2D eigenvalue weighted by atomic mass is 32.1. The van der Waals surface area contributed by atoms with Gasteiger partial charge in [-0.3, -0.25) is 5.10 Å². The number of thiophene rings is 1. The van der Waals surface area contributed by atoms with Gasteiger partial charge in [-0.25, -0.2) is 19.9 Å². The summed E-state index contributed by atoms with van der Waals surface area (Å²) >= 11 is 1.77. The topological polar surface area (TPSA) is 96.0 Å². The number of para-hydroxylation sites is 1. The Morgan fingerprint density at radius 2 is 1.87 bits per heavy atom. The lowest BCUT2D eigenvalue weighted by molar-refractivity contribution is 1.09. The van der Waals surface area contributed by atoms with Crippen LogP contribution in [0.15, 0.2) is 61.3 Å². The van der Waals surface area contributed by atoms with Gasteiger partial charge in [0.2, 0.25) is 0 Å². The van der Waals surface area contributed by atoms with E-state index < -0.39 is 0 Å². The van der Waals surface area contributed by atoms with Gasteiger partial charge in [0.15, 0.2) is 11.5 Å². The first-order chi connectivity index (χ1) is 14.8. The number of aromatic nitrogens is 7. The van der Waals surface area contributed by atoms with Gasteiger partial charge in [-0.1, -0.05) is 12.1 Å². The highest BCUT2D eigenvalue weighted by Gasteiger charge is 2.16. The Kier molecular flexibility index (Phi) is 3.72. The van der Waals surface area contributed by atoms with Gasteiger partial charge in [-0.05, 0) is 31.2 Å². The zero-order chi connectivity index (χ0) is 20.1. The van der Waals surface area contributed by atoms with E-state index in [0.29, 0.717) is 5.65 Å². The van der Waals surface area contributed by atoms with Gasteiger partial charge in [-0.15, -0.1) is 11.3 Å². The zero-order valence-electron chi connectivity index (χ0n) is 15.9. The van der Waals surface area contributed by atoms with Crippen molar-refractivity contribution >= 4 is 33.4 Å². The fourth-order valence-corrected chi connectivity index (χ4v) is 4.51. The van der Waals surface area contributed by atoms with E-state index in [9.17, 15) is 0 Å². The summed E-state index contributed by atoms with van der Waals surface area (Å²) in [5.74, 6) is 0.733. The quantitative estimate of drug-likeness (QED) is 0.429. The van der Waals surface area contributed by atoms with Crippen molar-refractivity contribution in [1.82, 2.24) is 35.1 Å². The molecule has 0 fully saturated rings. The maximum atomic E-state index is 4.92. The number of pyridine rings is 1. The highest BCUT2D eigenvalue weighted by molar-refractivity contribution is 7.15. The Balaban J connectivity index is 1.52. The fourth-order valence-electron chi connectivity index (χ4n) is 3.61. The van der Waals surface area contributed by atoms with Crippen LogP contribution in [0.4, 0.5) is 0 Å². The molecule has 0 bridgehead atoms. The Morgan fingerprint density at radius 3 is 2.70 bits per heavy atom. The number of nitrogens with zero attached hydrogens (tertiary/aromatic N) is 5. The maximum absolute atomic E-state index is 4.92. The molecular formula is C22H15N7S. The monoisotopic (exact) mass is 409 g/mol. The summed E-state index contributed by atoms with van der Waals surface area (Å²) < 4.78 is 0. The van der Waals surface area contributed by atoms with Crippen molar-refractivity contribution in [3.8, 4) is 33.1 Å². The molecule has 144 valence electrons. The number of imidazole rings is 1. The number of aromatic amines is 2. The Morgan fingerprint density at radius 1 is 0.967 bits per heavy atom. The van der Waals surface area contributed by atoms with Crippen LogP contribution in [0.5, 0.6) is 0 Å². The molecule has 0 spiro atoms. The maximum Gasteiger partial charge on any atom is 0.181 e. The number of fused-ring (bicyclic) bond motifs is 2. The molecule has 30 heavy (non-hydrogen) atoms. The van der Waals surface area contributed by atoms with Crippen LogP contribution in [0, 0.1) is 6.92 Å². The van der Waals surface area contributed by atoms with Crippen LogP contribution in [-0.4, -0.2) is 35.1 Å². The molecule has 0 aliphatic carbocycles. The van der Waals surface area contributed by atoms with Crippen molar-refractivity contribution in [2.75, 3.05) is 0 Å². The molecule has 0 amide bonds. The average Bonchev–Trinajstić information content (AvgIpc) is 3.51. The van der Waals surface area contributed by atoms with E-state index >= 15 is 0 Å². The van der Waals surface area contributed by atoms with Crippen molar-refractivity contribution in [1.29, 1.82) is 0 Å². The third kappa shape index (κ3) is 2.69. The van der Waals surface area contributed by atoms with Crippen LogP contribution in [0.1, 0.15) is 4.88 Å². The predicted octanol–water partition coefficient (Wildman–Crippen LogP) is 5.00. The molecule has 0 radical (unpaired) electrons. The molecule has 0 unspecified atom stereocenters. The summed E-state index contributed by atoms with van der Waals surface area (Å²) in [4.78, 5) is 23.5. The molecule has 5 heterocycles. The van der Waals surface area contributed by atoms with Crippen LogP contribution >= 0.6 is 11.3 Å². The minimum Gasteiger partial charge on any atom is -0.337 e. The second-order valence-electron chi connectivity index (χ2n) is 7.02. The molecule has 5 aromatic heterocycles. The first kappa shape index (κ1) is 17.0. The van der Waals surface area contributed by atoms with Gasteiger partial charge >= 0.3 is 0 Å². The Bertz CT molecular complexity index is 1510. The van der Waals surface area contributed by atoms with Crippen molar-refractivity contribution in [2.24, 2.45) is 0 Å². The largest absolute Gasteiger partial charge is 0.337 e. The molecule has 7 nitrogen and oxygen atoms in total. The van der Waals surface area contributed by atoms with Crippen LogP contribution in [0.25, 0.3) is 55.2 Å². The van der Waals surface area contributed by atoms with Gasteiger partial charge in [-0.2, -0.15) is 5.10 Å². The van der Waals surface area contributed by atoms with Crippen molar-refractivity contribution in [2.45, 2.75) is 6.92 Å². The summed E-state index contributed by atoms with van der Waals surface area (Å²) in [6, 6.07) is 12.5. The van der Waals surface area contributed by atoms with Crippen molar-refractivity contribution in [3.63, 3.8) is 0 Å². The molecule has 0 saturated carbocycles. The number of benzene rings is 1. The lowest BCUT2D eigenvalue weighted by Gasteiger charge is -2.00. The Labute approximate surface area is 174 Å². The van der Waals surface area contributed by atoms with Gasteiger partial charge in [0.05, 0.1) is 16.4 Å². The summed E-state index contributed by atoms with van der Waals surface area (Å²) in [6.07, 6.45) is 6.83. The first-order valence-corrected chi connectivity index (χ1v) is 10.2. The van der Waals surface area contributed by atoms with Crippen LogP contribution in [0.3, 0.4) is 0 Å². The minimum absolute atomic E-state index is 0.639. The van der Waals surface area contributed by atoms with Gasteiger partial charge < -0.3 is 4.98 Å². The van der Waals surface area contributed by atoms with Crippen LogP contribution in [-0.2, 0) is 0 Å². The average molecular weight is 409 g/mol. The molecule has 0 aliphatic rings. The minimum atomic E-state index is 0.639. The molecule has 0 aliphatic heterocycles. The molecule has 0 saturated heterocycles.